The molecule has 134 valence electrons. The fourth-order valence-electron chi connectivity index (χ4n) is 2.28. The molecule has 1 aromatic rings. The molecule has 0 heterocycles. The van der Waals surface area contributed by atoms with Gasteiger partial charge in [0.2, 0.25) is 0 Å². The number of alkyl halides is 2. The van der Waals surface area contributed by atoms with Gasteiger partial charge in [-0.3, -0.25) is 19.7 Å². The van der Waals surface area contributed by atoms with E-state index in [1.165, 1.54) is 24.3 Å². The first-order valence-electron chi connectivity index (χ1n) is 7.66. The van der Waals surface area contributed by atoms with Gasteiger partial charge >= 0.3 is 12.6 Å². The van der Waals surface area contributed by atoms with E-state index in [-0.39, 0.29) is 17.2 Å². The van der Waals surface area contributed by atoms with Crippen molar-refractivity contribution in [2.45, 2.75) is 25.9 Å². The molecule has 0 radical (unpaired) electrons. The minimum Gasteiger partial charge on any atom is -0.455 e. The zero-order valence-electron chi connectivity index (χ0n) is 13.2. The lowest BCUT2D eigenvalue weighted by molar-refractivity contribution is -0.152. The number of rotatable bonds is 6. The first kappa shape index (κ1) is 18.6. The molecule has 25 heavy (non-hydrogen) atoms. The molecule has 6 nitrogen and oxygen atoms in total. The van der Waals surface area contributed by atoms with Crippen LogP contribution in [0.1, 0.15) is 29.6 Å². The second-order valence-corrected chi connectivity index (χ2v) is 5.37. The van der Waals surface area contributed by atoms with E-state index >= 15 is 0 Å². The third-order valence-electron chi connectivity index (χ3n) is 3.54. The highest BCUT2D eigenvalue weighted by Crippen LogP contribution is 2.19. The molecule has 8 heteroatoms. The molecular weight excluding hydrogens is 336 g/mol. The first-order chi connectivity index (χ1) is 12.0. The smallest absolute Gasteiger partial charge is 0.387 e. The van der Waals surface area contributed by atoms with Crippen LogP contribution in [0.3, 0.4) is 0 Å². The van der Waals surface area contributed by atoms with Crippen LogP contribution in [0.4, 0.5) is 8.78 Å². The number of hydrogen-bond donors (Lipinski definition) is 1. The van der Waals surface area contributed by atoms with Crippen molar-refractivity contribution in [2.75, 3.05) is 6.61 Å². The van der Waals surface area contributed by atoms with Crippen molar-refractivity contribution in [1.82, 2.24) is 5.32 Å². The van der Waals surface area contributed by atoms with Gasteiger partial charge in [-0.1, -0.05) is 12.2 Å². The lowest BCUT2D eigenvalue weighted by Gasteiger charge is -2.16. The van der Waals surface area contributed by atoms with Gasteiger partial charge in [-0.25, -0.2) is 0 Å². The van der Waals surface area contributed by atoms with Crippen molar-refractivity contribution < 1.29 is 32.6 Å². The Hall–Kier alpha value is -2.77. The van der Waals surface area contributed by atoms with Crippen molar-refractivity contribution in [1.29, 1.82) is 0 Å². The highest BCUT2D eigenvalue weighted by atomic mass is 19.3. The SMILES string of the molecule is O=C(COC(=O)[C@H]1CC=CCC1)NC(=O)c1ccc(OC(F)F)cc1. The molecule has 1 aliphatic rings. The molecule has 0 aliphatic heterocycles. The Bertz CT molecular complexity index is 658. The Balaban J connectivity index is 1.78. The summed E-state index contributed by atoms with van der Waals surface area (Å²) in [4.78, 5) is 35.3. The fourth-order valence-corrected chi connectivity index (χ4v) is 2.28. The molecule has 0 saturated carbocycles. The van der Waals surface area contributed by atoms with Crippen LogP contribution < -0.4 is 10.1 Å². The normalized spacial score (nSPS) is 16.4. The Kier molecular flexibility index (Phi) is 6.62. The first-order valence-corrected chi connectivity index (χ1v) is 7.66. The Labute approximate surface area is 142 Å². The van der Waals surface area contributed by atoms with Gasteiger partial charge in [-0.15, -0.1) is 0 Å². The van der Waals surface area contributed by atoms with E-state index in [0.717, 1.165) is 6.42 Å². The number of benzene rings is 1. The van der Waals surface area contributed by atoms with Crippen molar-refractivity contribution in [2.24, 2.45) is 5.92 Å². The van der Waals surface area contributed by atoms with Gasteiger partial charge in [0.15, 0.2) is 6.61 Å². The van der Waals surface area contributed by atoms with Gasteiger partial charge in [0.05, 0.1) is 5.92 Å². The number of esters is 1. The van der Waals surface area contributed by atoms with Crippen molar-refractivity contribution in [3.63, 3.8) is 0 Å². The van der Waals surface area contributed by atoms with Crippen molar-refractivity contribution in [3.8, 4) is 5.75 Å². The number of carbonyl (C=O) groups is 3. The van der Waals surface area contributed by atoms with E-state index in [2.05, 4.69) is 10.1 Å². The Morgan fingerprint density at radius 3 is 2.48 bits per heavy atom. The maximum atomic E-state index is 12.0. The summed E-state index contributed by atoms with van der Waals surface area (Å²) in [5.74, 6) is -2.34. The summed E-state index contributed by atoms with van der Waals surface area (Å²) in [6.07, 6.45) is 5.90. The lowest BCUT2D eigenvalue weighted by atomic mass is 9.95. The predicted molar refractivity (Wildman–Crippen MR) is 83.0 cm³/mol. The molecule has 0 bridgehead atoms. The molecule has 1 aliphatic carbocycles. The average molecular weight is 353 g/mol. The highest BCUT2D eigenvalue weighted by molar-refractivity contribution is 6.05. The minimum atomic E-state index is -2.96. The molecule has 0 aromatic heterocycles. The monoisotopic (exact) mass is 353 g/mol. The van der Waals surface area contributed by atoms with E-state index in [9.17, 15) is 23.2 Å². The predicted octanol–water partition coefficient (Wildman–Crippen LogP) is 2.44. The molecule has 0 unspecified atom stereocenters. The van der Waals surface area contributed by atoms with E-state index in [0.29, 0.717) is 12.8 Å². The molecule has 0 fully saturated rings. The molecule has 2 amide bonds. The maximum absolute atomic E-state index is 12.0. The number of halogens is 2. The summed E-state index contributed by atoms with van der Waals surface area (Å²) in [5.41, 5.74) is 0.0821. The number of hydrogen-bond acceptors (Lipinski definition) is 5. The van der Waals surface area contributed by atoms with Gasteiger partial charge in [0.25, 0.3) is 11.8 Å². The minimum absolute atomic E-state index is 0.0821. The summed E-state index contributed by atoms with van der Waals surface area (Å²) < 4.78 is 33.2. The van der Waals surface area contributed by atoms with Crippen LogP contribution in [-0.4, -0.2) is 31.0 Å². The summed E-state index contributed by atoms with van der Waals surface area (Å²) in [6, 6.07) is 4.84. The van der Waals surface area contributed by atoms with Crippen LogP contribution in [-0.2, 0) is 14.3 Å². The van der Waals surface area contributed by atoms with Crippen molar-refractivity contribution >= 4 is 17.8 Å². The summed E-state index contributed by atoms with van der Waals surface area (Å²) >= 11 is 0. The number of nitrogens with one attached hydrogen (secondary N) is 1. The maximum Gasteiger partial charge on any atom is 0.387 e. The van der Waals surface area contributed by atoms with Gasteiger partial charge in [0, 0.05) is 5.56 Å². The third-order valence-corrected chi connectivity index (χ3v) is 3.54. The molecule has 0 saturated heterocycles. The van der Waals surface area contributed by atoms with Gasteiger partial charge < -0.3 is 9.47 Å². The second kappa shape index (κ2) is 8.91. The van der Waals surface area contributed by atoms with E-state index < -0.39 is 31.0 Å². The van der Waals surface area contributed by atoms with E-state index in [1.807, 2.05) is 12.2 Å². The van der Waals surface area contributed by atoms with E-state index in [1.54, 1.807) is 0 Å². The summed E-state index contributed by atoms with van der Waals surface area (Å²) in [5, 5.41) is 2.06. The molecule has 0 spiro atoms. The van der Waals surface area contributed by atoms with Gasteiger partial charge in [-0.05, 0) is 43.5 Å². The Morgan fingerprint density at radius 2 is 1.88 bits per heavy atom. The number of amides is 2. The fraction of sp³-hybridized carbons (Fsp3) is 0.353. The zero-order valence-corrected chi connectivity index (χ0v) is 13.2. The van der Waals surface area contributed by atoms with Crippen LogP contribution >= 0.6 is 0 Å². The number of carbonyl (C=O) groups excluding carboxylic acids is 3. The second-order valence-electron chi connectivity index (χ2n) is 5.37. The van der Waals surface area contributed by atoms with Crippen LogP contribution in [0.2, 0.25) is 0 Å². The zero-order chi connectivity index (χ0) is 18.2. The number of allylic oxidation sites excluding steroid dienone is 2. The van der Waals surface area contributed by atoms with Gasteiger partial charge in [-0.2, -0.15) is 8.78 Å². The van der Waals surface area contributed by atoms with Crippen molar-refractivity contribution in [3.05, 3.63) is 42.0 Å². The van der Waals surface area contributed by atoms with Crippen LogP contribution in [0.25, 0.3) is 0 Å². The topological polar surface area (TPSA) is 81.7 Å². The standard InChI is InChI=1S/C17H17F2NO5/c18-17(19)25-13-8-6-11(7-9-13)15(22)20-14(21)10-24-16(23)12-4-2-1-3-5-12/h1-2,6-9,12,17H,3-5,10H2,(H,20,21,22)/t12-/m0/s1. The molecule has 1 aromatic carbocycles. The third kappa shape index (κ3) is 5.98. The molecule has 2 rings (SSSR count). The largest absolute Gasteiger partial charge is 0.455 e. The lowest BCUT2D eigenvalue weighted by Crippen LogP contribution is -2.35. The number of imide groups is 1. The summed E-state index contributed by atoms with van der Waals surface area (Å²) in [7, 11) is 0. The van der Waals surface area contributed by atoms with Crippen LogP contribution in [0.5, 0.6) is 5.75 Å². The van der Waals surface area contributed by atoms with Crippen LogP contribution in [0, 0.1) is 5.92 Å². The number of ether oxygens (including phenoxy) is 2. The van der Waals surface area contributed by atoms with Crippen LogP contribution in [0.15, 0.2) is 36.4 Å². The summed E-state index contributed by atoms with van der Waals surface area (Å²) in [6.45, 7) is -3.52. The Morgan fingerprint density at radius 1 is 1.16 bits per heavy atom. The quantitative estimate of drug-likeness (QED) is 0.627. The molecule has 1 atom stereocenters. The average Bonchev–Trinajstić information content (AvgIpc) is 2.60. The van der Waals surface area contributed by atoms with Gasteiger partial charge in [0.1, 0.15) is 5.75 Å². The molecule has 1 N–H and O–H groups in total. The highest BCUT2D eigenvalue weighted by Gasteiger charge is 2.21. The van der Waals surface area contributed by atoms with E-state index in [4.69, 9.17) is 4.74 Å². The molecular formula is C17H17F2NO5.